The van der Waals surface area contributed by atoms with Gasteiger partial charge >= 0.3 is 0 Å². The summed E-state index contributed by atoms with van der Waals surface area (Å²) in [5, 5.41) is -0.852. The molecule has 2 rings (SSSR count). The summed E-state index contributed by atoms with van der Waals surface area (Å²) in [6.07, 6.45) is 9.33. The highest BCUT2D eigenvalue weighted by molar-refractivity contribution is 7.92. The Balaban J connectivity index is 2.17. The number of rotatable bonds is 2. The van der Waals surface area contributed by atoms with E-state index in [0.29, 0.717) is 12.8 Å². The van der Waals surface area contributed by atoms with Crippen molar-refractivity contribution in [2.45, 2.75) is 74.4 Å². The van der Waals surface area contributed by atoms with Crippen LogP contribution in [0.3, 0.4) is 0 Å². The fraction of sp³-hybridized carbons (Fsp3) is 0.611. The van der Waals surface area contributed by atoms with Gasteiger partial charge in [0.25, 0.3) is 0 Å². The number of hydrogen-bond acceptors (Lipinski definition) is 3. The molecule has 22 heavy (non-hydrogen) atoms. The highest BCUT2D eigenvalue weighted by Gasteiger charge is 2.32. The fourth-order valence-electron chi connectivity index (χ4n) is 3.11. The zero-order chi connectivity index (χ0) is 15.8. The van der Waals surface area contributed by atoms with Crippen LogP contribution in [0.25, 0.3) is 0 Å². The second-order valence-electron chi connectivity index (χ2n) is 6.18. The highest BCUT2D eigenvalue weighted by Crippen LogP contribution is 2.24. The van der Waals surface area contributed by atoms with Gasteiger partial charge in [0, 0.05) is 6.42 Å². The SMILES string of the molecule is O=C1CCCCCCCCCC[C@H]1S(=O)(=O)c1ccccc1. The van der Waals surface area contributed by atoms with E-state index in [1.54, 1.807) is 30.3 Å². The molecule has 1 fully saturated rings. The molecule has 1 aromatic carbocycles. The van der Waals surface area contributed by atoms with Crippen LogP contribution in [0.1, 0.15) is 64.2 Å². The number of carbonyl (C=O) groups is 1. The molecule has 0 amide bonds. The Morgan fingerprint density at radius 1 is 0.773 bits per heavy atom. The molecule has 1 saturated carbocycles. The van der Waals surface area contributed by atoms with Crippen LogP contribution in [-0.2, 0) is 14.6 Å². The van der Waals surface area contributed by atoms with E-state index in [9.17, 15) is 13.2 Å². The summed E-state index contributed by atoms with van der Waals surface area (Å²) in [4.78, 5) is 12.7. The first-order valence-corrected chi connectivity index (χ1v) is 9.98. The molecule has 1 aromatic rings. The first kappa shape index (κ1) is 17.2. The summed E-state index contributed by atoms with van der Waals surface area (Å²) in [6, 6.07) is 8.42. The normalized spacial score (nSPS) is 22.5. The van der Waals surface area contributed by atoms with Crippen molar-refractivity contribution in [2.75, 3.05) is 0 Å². The molecule has 1 atom stereocenters. The van der Waals surface area contributed by atoms with Crippen molar-refractivity contribution < 1.29 is 13.2 Å². The lowest BCUT2D eigenvalue weighted by molar-refractivity contribution is -0.118. The van der Waals surface area contributed by atoms with E-state index in [1.165, 1.54) is 12.8 Å². The average Bonchev–Trinajstić information content (AvgIpc) is 2.51. The molecule has 0 aromatic heterocycles. The third-order valence-corrected chi connectivity index (χ3v) is 6.62. The summed E-state index contributed by atoms with van der Waals surface area (Å²) >= 11 is 0. The second kappa shape index (κ2) is 8.47. The van der Waals surface area contributed by atoms with Gasteiger partial charge in [-0.15, -0.1) is 0 Å². The topological polar surface area (TPSA) is 51.2 Å². The van der Waals surface area contributed by atoms with Crippen molar-refractivity contribution in [2.24, 2.45) is 0 Å². The Kier molecular flexibility index (Phi) is 6.62. The largest absolute Gasteiger partial charge is 0.298 e. The van der Waals surface area contributed by atoms with E-state index in [1.807, 2.05) is 0 Å². The lowest BCUT2D eigenvalue weighted by Gasteiger charge is -2.17. The van der Waals surface area contributed by atoms with Crippen molar-refractivity contribution >= 4 is 15.6 Å². The van der Waals surface area contributed by atoms with E-state index in [-0.39, 0.29) is 10.7 Å². The lowest BCUT2D eigenvalue weighted by atomic mass is 10.00. The molecule has 0 radical (unpaired) electrons. The van der Waals surface area contributed by atoms with E-state index in [2.05, 4.69) is 0 Å². The van der Waals surface area contributed by atoms with Crippen LogP contribution in [0.4, 0.5) is 0 Å². The minimum Gasteiger partial charge on any atom is -0.298 e. The standard InChI is InChI=1S/C18H26O3S/c19-17-14-10-5-3-1-2-4-6-11-15-18(17)22(20,21)16-12-8-7-9-13-16/h7-9,12-13,18H,1-6,10-11,14-15H2/t18-/m1/s1. The number of hydrogen-bond donors (Lipinski definition) is 0. The van der Waals surface area contributed by atoms with Gasteiger partial charge < -0.3 is 0 Å². The first-order valence-electron chi connectivity index (χ1n) is 8.44. The van der Waals surface area contributed by atoms with Crippen LogP contribution in [-0.4, -0.2) is 19.5 Å². The Hall–Kier alpha value is -1.16. The molecule has 0 spiro atoms. The first-order chi connectivity index (χ1) is 10.6. The average molecular weight is 322 g/mol. The van der Waals surface area contributed by atoms with Gasteiger partial charge in [-0.3, -0.25) is 4.79 Å². The molecular formula is C18H26O3S. The number of Topliss-reactive ketones (excluding diaryl/α,β-unsaturated/α-hetero) is 1. The Bertz CT molecular complexity index is 563. The molecule has 0 unspecified atom stereocenters. The monoisotopic (exact) mass is 322 g/mol. The molecular weight excluding hydrogens is 296 g/mol. The quantitative estimate of drug-likeness (QED) is 0.815. The fourth-order valence-corrected chi connectivity index (χ4v) is 4.92. The van der Waals surface area contributed by atoms with Gasteiger partial charge in [0.15, 0.2) is 15.6 Å². The molecule has 3 nitrogen and oxygen atoms in total. The summed E-state index contributed by atoms with van der Waals surface area (Å²) in [6.45, 7) is 0. The maximum absolute atomic E-state index is 12.8. The number of benzene rings is 1. The molecule has 0 bridgehead atoms. The minimum absolute atomic E-state index is 0.0931. The Labute approximate surface area is 134 Å². The van der Waals surface area contributed by atoms with Crippen LogP contribution < -0.4 is 0 Å². The smallest absolute Gasteiger partial charge is 0.188 e. The number of sulfone groups is 1. The van der Waals surface area contributed by atoms with E-state index in [0.717, 1.165) is 38.5 Å². The van der Waals surface area contributed by atoms with Crippen molar-refractivity contribution in [1.82, 2.24) is 0 Å². The summed E-state index contributed by atoms with van der Waals surface area (Å²) < 4.78 is 25.6. The van der Waals surface area contributed by atoms with Crippen LogP contribution in [0, 0.1) is 0 Å². The molecule has 0 saturated heterocycles. The van der Waals surface area contributed by atoms with Crippen molar-refractivity contribution in [3.63, 3.8) is 0 Å². The summed E-state index contributed by atoms with van der Waals surface area (Å²) in [5.41, 5.74) is 0. The van der Waals surface area contributed by atoms with Gasteiger partial charge in [-0.05, 0) is 25.0 Å². The third kappa shape index (κ3) is 4.67. The second-order valence-corrected chi connectivity index (χ2v) is 8.31. The summed E-state index contributed by atoms with van der Waals surface area (Å²) in [5.74, 6) is -0.0931. The zero-order valence-electron chi connectivity index (χ0n) is 13.2. The Morgan fingerprint density at radius 2 is 1.32 bits per heavy atom. The van der Waals surface area contributed by atoms with Crippen molar-refractivity contribution in [3.8, 4) is 0 Å². The molecule has 0 heterocycles. The molecule has 122 valence electrons. The molecule has 1 aliphatic rings. The maximum Gasteiger partial charge on any atom is 0.188 e. The van der Waals surface area contributed by atoms with Gasteiger partial charge in [0.1, 0.15) is 5.25 Å². The predicted octanol–water partition coefficient (Wildman–Crippen LogP) is 4.31. The summed E-state index contributed by atoms with van der Waals surface area (Å²) in [7, 11) is -3.55. The van der Waals surface area contributed by atoms with Crippen molar-refractivity contribution in [1.29, 1.82) is 0 Å². The minimum atomic E-state index is -3.55. The van der Waals surface area contributed by atoms with Gasteiger partial charge in [0.2, 0.25) is 0 Å². The van der Waals surface area contributed by atoms with Gasteiger partial charge in [-0.2, -0.15) is 0 Å². The molecule has 0 N–H and O–H groups in total. The molecule has 4 heteroatoms. The third-order valence-electron chi connectivity index (χ3n) is 4.44. The molecule has 1 aliphatic carbocycles. The molecule has 0 aliphatic heterocycles. The lowest BCUT2D eigenvalue weighted by Crippen LogP contribution is -2.30. The van der Waals surface area contributed by atoms with Crippen LogP contribution in [0.5, 0.6) is 0 Å². The van der Waals surface area contributed by atoms with Gasteiger partial charge in [0.05, 0.1) is 4.90 Å². The van der Waals surface area contributed by atoms with E-state index >= 15 is 0 Å². The van der Waals surface area contributed by atoms with Crippen molar-refractivity contribution in [3.05, 3.63) is 30.3 Å². The maximum atomic E-state index is 12.8. The van der Waals surface area contributed by atoms with Crippen LogP contribution >= 0.6 is 0 Å². The number of carbonyl (C=O) groups excluding carboxylic acids is 1. The van der Waals surface area contributed by atoms with Gasteiger partial charge in [-0.25, -0.2) is 8.42 Å². The van der Waals surface area contributed by atoms with Crippen LogP contribution in [0.2, 0.25) is 0 Å². The van der Waals surface area contributed by atoms with Gasteiger partial charge in [-0.1, -0.05) is 63.1 Å². The van der Waals surface area contributed by atoms with E-state index < -0.39 is 15.1 Å². The Morgan fingerprint density at radius 3 is 1.95 bits per heavy atom. The van der Waals surface area contributed by atoms with Crippen LogP contribution in [0.15, 0.2) is 35.2 Å². The number of ketones is 1. The predicted molar refractivity (Wildman–Crippen MR) is 88.6 cm³/mol. The zero-order valence-corrected chi connectivity index (χ0v) is 14.0. The van der Waals surface area contributed by atoms with E-state index in [4.69, 9.17) is 0 Å². The highest BCUT2D eigenvalue weighted by atomic mass is 32.2.